The summed E-state index contributed by atoms with van der Waals surface area (Å²) in [5.41, 5.74) is 0.945. The van der Waals surface area contributed by atoms with Crippen LogP contribution in [0.2, 0.25) is 0 Å². The summed E-state index contributed by atoms with van der Waals surface area (Å²) in [5, 5.41) is 11.0. The minimum atomic E-state index is -1.40. The van der Waals surface area contributed by atoms with Gasteiger partial charge in [0.05, 0.1) is 12.9 Å². The van der Waals surface area contributed by atoms with Gasteiger partial charge in [0, 0.05) is 24.9 Å². The van der Waals surface area contributed by atoms with Gasteiger partial charge in [0.2, 0.25) is 0 Å². The number of ketones is 1. The van der Waals surface area contributed by atoms with Crippen molar-refractivity contribution in [3.63, 3.8) is 0 Å². The van der Waals surface area contributed by atoms with Crippen molar-refractivity contribution in [1.82, 2.24) is 15.3 Å². The summed E-state index contributed by atoms with van der Waals surface area (Å²) in [6.07, 6.45) is 3.94. The Labute approximate surface area is 80.4 Å². The molecule has 0 amide bonds. The van der Waals surface area contributed by atoms with Crippen LogP contribution in [0, 0.1) is 0 Å². The number of rotatable bonds is 6. The van der Waals surface area contributed by atoms with Crippen molar-refractivity contribution in [2.75, 3.05) is 13.1 Å². The van der Waals surface area contributed by atoms with Crippen LogP contribution in [0.15, 0.2) is 12.5 Å². The third-order valence-electron chi connectivity index (χ3n) is 1.65. The Kier molecular flexibility index (Phi) is 3.81. The quantitative estimate of drug-likeness (QED) is 0.409. The molecule has 14 heavy (non-hydrogen) atoms. The molecule has 0 aliphatic heterocycles. The second-order valence-electron chi connectivity index (χ2n) is 2.73. The fraction of sp³-hybridized carbons (Fsp3) is 0.375. The second-order valence-corrected chi connectivity index (χ2v) is 2.73. The number of H-pyrrole nitrogens is 1. The van der Waals surface area contributed by atoms with Crippen LogP contribution in [0.3, 0.4) is 0 Å². The predicted octanol–water partition coefficient (Wildman–Crippen LogP) is -0.804. The molecule has 76 valence electrons. The third kappa shape index (κ3) is 3.36. The molecule has 0 atom stereocenters. The molecule has 0 spiro atoms. The van der Waals surface area contributed by atoms with Crippen LogP contribution in [0.5, 0.6) is 0 Å². The molecule has 0 radical (unpaired) electrons. The van der Waals surface area contributed by atoms with Gasteiger partial charge in [0.1, 0.15) is 0 Å². The highest BCUT2D eigenvalue weighted by Crippen LogP contribution is 1.89. The van der Waals surface area contributed by atoms with Gasteiger partial charge in [-0.2, -0.15) is 0 Å². The third-order valence-corrected chi connectivity index (χ3v) is 1.65. The van der Waals surface area contributed by atoms with Gasteiger partial charge in [0.25, 0.3) is 5.78 Å². The van der Waals surface area contributed by atoms with Crippen molar-refractivity contribution >= 4 is 11.8 Å². The van der Waals surface area contributed by atoms with Crippen molar-refractivity contribution in [2.24, 2.45) is 0 Å². The summed E-state index contributed by atoms with van der Waals surface area (Å²) in [6.45, 7) is 0.407. The number of imidazole rings is 1. The Hall–Kier alpha value is -1.69. The van der Waals surface area contributed by atoms with E-state index in [0.717, 1.165) is 5.69 Å². The van der Waals surface area contributed by atoms with Crippen LogP contribution in [-0.2, 0) is 16.0 Å². The van der Waals surface area contributed by atoms with Gasteiger partial charge < -0.3 is 15.4 Å². The number of aromatic nitrogens is 2. The van der Waals surface area contributed by atoms with E-state index >= 15 is 0 Å². The van der Waals surface area contributed by atoms with E-state index in [1.165, 1.54) is 0 Å². The van der Waals surface area contributed by atoms with Gasteiger partial charge in [0.15, 0.2) is 0 Å². The summed E-state index contributed by atoms with van der Waals surface area (Å²) in [6, 6.07) is 0. The Morgan fingerprint density at radius 1 is 1.57 bits per heavy atom. The summed E-state index contributed by atoms with van der Waals surface area (Å²) in [4.78, 5) is 27.5. The predicted molar refractivity (Wildman–Crippen MR) is 47.8 cm³/mol. The maximum Gasteiger partial charge on any atom is 0.373 e. The molecular formula is C8H11N3O3. The number of carbonyl (C=O) groups excluding carboxylic acids is 1. The molecule has 0 unspecified atom stereocenters. The first-order valence-corrected chi connectivity index (χ1v) is 4.14. The molecule has 0 aliphatic rings. The van der Waals surface area contributed by atoms with E-state index < -0.39 is 11.8 Å². The van der Waals surface area contributed by atoms with E-state index in [2.05, 4.69) is 15.3 Å². The minimum absolute atomic E-state index is 0.135. The lowest BCUT2D eigenvalue weighted by atomic mass is 10.3. The number of aromatic amines is 1. The standard InChI is InChI=1S/C8H11N3O3/c12-7(8(13)14)4-9-2-1-6-3-10-5-11-6/h3,5,9H,1-2,4H2,(H,10,11)(H,13,14). The van der Waals surface area contributed by atoms with Crippen LogP contribution in [0.1, 0.15) is 5.69 Å². The molecule has 1 rings (SSSR count). The van der Waals surface area contributed by atoms with Crippen molar-refractivity contribution in [2.45, 2.75) is 6.42 Å². The van der Waals surface area contributed by atoms with Crippen LogP contribution < -0.4 is 5.32 Å². The molecule has 0 saturated carbocycles. The minimum Gasteiger partial charge on any atom is -0.475 e. The lowest BCUT2D eigenvalue weighted by molar-refractivity contribution is -0.148. The zero-order valence-electron chi connectivity index (χ0n) is 7.49. The topological polar surface area (TPSA) is 95.1 Å². The van der Waals surface area contributed by atoms with Crippen molar-refractivity contribution in [1.29, 1.82) is 0 Å². The molecule has 0 aliphatic carbocycles. The first kappa shape index (κ1) is 10.4. The summed E-state index contributed by atoms with van der Waals surface area (Å²) in [5.74, 6) is -2.23. The number of hydrogen-bond acceptors (Lipinski definition) is 4. The fourth-order valence-electron chi connectivity index (χ4n) is 0.922. The Balaban J connectivity index is 2.11. The maximum atomic E-state index is 10.6. The Morgan fingerprint density at radius 3 is 2.93 bits per heavy atom. The van der Waals surface area contributed by atoms with Gasteiger partial charge in [-0.25, -0.2) is 9.78 Å². The summed E-state index contributed by atoms with van der Waals surface area (Å²) >= 11 is 0. The SMILES string of the molecule is O=C(O)C(=O)CNCCc1cnc[nH]1. The van der Waals surface area contributed by atoms with Gasteiger partial charge in [-0.05, 0) is 0 Å². The van der Waals surface area contributed by atoms with Gasteiger partial charge >= 0.3 is 5.97 Å². The first-order valence-electron chi connectivity index (χ1n) is 4.14. The normalized spacial score (nSPS) is 10.0. The van der Waals surface area contributed by atoms with Gasteiger partial charge in [-0.1, -0.05) is 0 Å². The van der Waals surface area contributed by atoms with Gasteiger partial charge in [-0.3, -0.25) is 4.79 Å². The van der Waals surface area contributed by atoms with Crippen LogP contribution in [0.25, 0.3) is 0 Å². The number of Topliss-reactive ketones (excluding diaryl/α,β-unsaturated/α-hetero) is 1. The highest BCUT2D eigenvalue weighted by Gasteiger charge is 2.09. The molecule has 0 bridgehead atoms. The average molecular weight is 197 g/mol. The van der Waals surface area contributed by atoms with E-state index in [-0.39, 0.29) is 6.54 Å². The largest absolute Gasteiger partial charge is 0.475 e. The second kappa shape index (κ2) is 5.13. The molecule has 6 heteroatoms. The smallest absolute Gasteiger partial charge is 0.373 e. The Morgan fingerprint density at radius 2 is 2.36 bits per heavy atom. The lowest BCUT2D eigenvalue weighted by Crippen LogP contribution is -2.29. The van der Waals surface area contributed by atoms with E-state index in [1.54, 1.807) is 12.5 Å². The van der Waals surface area contributed by atoms with E-state index in [0.29, 0.717) is 13.0 Å². The van der Waals surface area contributed by atoms with E-state index in [1.807, 2.05) is 0 Å². The molecule has 1 aromatic heterocycles. The molecule has 0 saturated heterocycles. The fourth-order valence-corrected chi connectivity index (χ4v) is 0.922. The number of nitrogens with zero attached hydrogens (tertiary/aromatic N) is 1. The van der Waals surface area contributed by atoms with E-state index in [4.69, 9.17) is 5.11 Å². The molecule has 1 aromatic rings. The summed E-state index contributed by atoms with van der Waals surface area (Å²) < 4.78 is 0. The first-order chi connectivity index (χ1) is 6.70. The highest BCUT2D eigenvalue weighted by molar-refractivity contribution is 6.33. The number of carboxylic acids is 1. The van der Waals surface area contributed by atoms with Crippen molar-refractivity contribution in [3.8, 4) is 0 Å². The van der Waals surface area contributed by atoms with Crippen molar-refractivity contribution < 1.29 is 14.7 Å². The number of carbonyl (C=O) groups is 2. The molecule has 1 heterocycles. The monoisotopic (exact) mass is 197 g/mol. The molecular weight excluding hydrogens is 186 g/mol. The van der Waals surface area contributed by atoms with Crippen molar-refractivity contribution in [3.05, 3.63) is 18.2 Å². The number of nitrogens with one attached hydrogen (secondary N) is 2. The lowest BCUT2D eigenvalue weighted by Gasteiger charge is -1.99. The average Bonchev–Trinajstić information content (AvgIpc) is 2.64. The maximum absolute atomic E-state index is 10.6. The molecule has 3 N–H and O–H groups in total. The van der Waals surface area contributed by atoms with Crippen LogP contribution in [0.4, 0.5) is 0 Å². The molecule has 0 fully saturated rings. The number of aliphatic carboxylic acids is 1. The van der Waals surface area contributed by atoms with Gasteiger partial charge in [-0.15, -0.1) is 0 Å². The summed E-state index contributed by atoms with van der Waals surface area (Å²) in [7, 11) is 0. The van der Waals surface area contributed by atoms with E-state index in [9.17, 15) is 9.59 Å². The Bertz CT molecular complexity index is 308. The number of hydrogen-bond donors (Lipinski definition) is 3. The zero-order valence-corrected chi connectivity index (χ0v) is 7.49. The number of carboxylic acid groups (broad SMARTS) is 1. The van der Waals surface area contributed by atoms with Crippen LogP contribution >= 0.6 is 0 Å². The highest BCUT2D eigenvalue weighted by atomic mass is 16.4. The molecule has 0 aromatic carbocycles. The zero-order chi connectivity index (χ0) is 10.4. The molecule has 6 nitrogen and oxygen atoms in total. The van der Waals surface area contributed by atoms with Crippen LogP contribution in [-0.4, -0.2) is 39.9 Å².